The van der Waals surface area contributed by atoms with Gasteiger partial charge in [0.1, 0.15) is 11.1 Å². The van der Waals surface area contributed by atoms with E-state index in [1.165, 1.54) is 6.08 Å². The smallest absolute Gasteiger partial charge is 0.177 e. The van der Waals surface area contributed by atoms with Crippen molar-refractivity contribution in [2.45, 2.75) is 5.38 Å². The van der Waals surface area contributed by atoms with Gasteiger partial charge >= 0.3 is 0 Å². The Morgan fingerprint density at radius 1 is 1.10 bits per heavy atom. The van der Waals surface area contributed by atoms with E-state index in [-0.39, 0.29) is 5.78 Å². The molecule has 0 heterocycles. The number of methoxy groups -OCH3 is 1. The summed E-state index contributed by atoms with van der Waals surface area (Å²) in [6.07, 6.45) is 3.26. The van der Waals surface area contributed by atoms with E-state index in [2.05, 4.69) is 0 Å². The number of rotatable bonds is 5. The van der Waals surface area contributed by atoms with Crippen molar-refractivity contribution in [1.82, 2.24) is 0 Å². The van der Waals surface area contributed by atoms with Gasteiger partial charge in [0.25, 0.3) is 0 Å². The van der Waals surface area contributed by atoms with Gasteiger partial charge in [-0.3, -0.25) is 4.79 Å². The summed E-state index contributed by atoms with van der Waals surface area (Å²) in [5.41, 5.74) is 1.73. The van der Waals surface area contributed by atoms with Gasteiger partial charge in [-0.15, -0.1) is 11.6 Å². The molecular weight excluding hydrogens is 272 g/mol. The van der Waals surface area contributed by atoms with E-state index in [1.54, 1.807) is 13.2 Å². The van der Waals surface area contributed by atoms with Gasteiger partial charge in [0.05, 0.1) is 7.11 Å². The van der Waals surface area contributed by atoms with Gasteiger partial charge in [-0.1, -0.05) is 48.5 Å². The predicted molar refractivity (Wildman–Crippen MR) is 82.1 cm³/mol. The molecule has 2 rings (SSSR count). The van der Waals surface area contributed by atoms with E-state index in [1.807, 2.05) is 54.6 Å². The average molecular weight is 287 g/mol. The Balaban J connectivity index is 2.05. The van der Waals surface area contributed by atoms with Crippen LogP contribution in [-0.2, 0) is 4.79 Å². The molecule has 0 spiro atoms. The molecule has 0 saturated heterocycles. The lowest BCUT2D eigenvalue weighted by Gasteiger charge is -2.05. The van der Waals surface area contributed by atoms with Gasteiger partial charge in [0.15, 0.2) is 5.78 Å². The van der Waals surface area contributed by atoms with Crippen LogP contribution in [0.4, 0.5) is 0 Å². The minimum absolute atomic E-state index is 0.131. The van der Waals surface area contributed by atoms with Crippen molar-refractivity contribution in [2.24, 2.45) is 0 Å². The maximum atomic E-state index is 12.0. The fourth-order valence-electron chi connectivity index (χ4n) is 1.76. The van der Waals surface area contributed by atoms with E-state index in [0.29, 0.717) is 0 Å². The quantitative estimate of drug-likeness (QED) is 0.606. The monoisotopic (exact) mass is 286 g/mol. The molecule has 2 aromatic rings. The molecule has 0 amide bonds. The molecule has 0 aliphatic carbocycles. The highest BCUT2D eigenvalue weighted by atomic mass is 35.5. The van der Waals surface area contributed by atoms with Crippen LogP contribution in [0, 0.1) is 0 Å². The van der Waals surface area contributed by atoms with Gasteiger partial charge in [0, 0.05) is 0 Å². The maximum absolute atomic E-state index is 12.0. The van der Waals surface area contributed by atoms with Crippen LogP contribution in [0.15, 0.2) is 60.7 Å². The first-order valence-electron chi connectivity index (χ1n) is 6.25. The molecule has 3 heteroatoms. The maximum Gasteiger partial charge on any atom is 0.177 e. The largest absolute Gasteiger partial charge is 0.497 e. The number of benzene rings is 2. The Morgan fingerprint density at radius 2 is 1.75 bits per heavy atom. The topological polar surface area (TPSA) is 26.3 Å². The van der Waals surface area contributed by atoms with Crippen molar-refractivity contribution in [3.05, 3.63) is 71.8 Å². The molecule has 2 nitrogen and oxygen atoms in total. The van der Waals surface area contributed by atoms with Crippen molar-refractivity contribution in [3.63, 3.8) is 0 Å². The highest BCUT2D eigenvalue weighted by molar-refractivity contribution is 6.33. The second kappa shape index (κ2) is 6.92. The number of allylic oxidation sites excluding steroid dienone is 1. The van der Waals surface area contributed by atoms with Gasteiger partial charge in [-0.25, -0.2) is 0 Å². The molecule has 0 saturated carbocycles. The second-order valence-corrected chi connectivity index (χ2v) is 4.72. The minimum atomic E-state index is -0.648. The van der Waals surface area contributed by atoms with Crippen LogP contribution in [0.3, 0.4) is 0 Å². The van der Waals surface area contributed by atoms with E-state index in [4.69, 9.17) is 16.3 Å². The van der Waals surface area contributed by atoms with E-state index < -0.39 is 5.38 Å². The first-order chi connectivity index (χ1) is 9.70. The Kier molecular flexibility index (Phi) is 4.97. The van der Waals surface area contributed by atoms with Gasteiger partial charge in [-0.05, 0) is 29.3 Å². The number of hydrogen-bond donors (Lipinski definition) is 0. The number of alkyl halides is 1. The lowest BCUT2D eigenvalue weighted by molar-refractivity contribution is -0.114. The summed E-state index contributed by atoms with van der Waals surface area (Å²) in [5, 5.41) is -0.648. The Morgan fingerprint density at radius 3 is 2.35 bits per heavy atom. The first-order valence-corrected chi connectivity index (χ1v) is 6.69. The molecule has 0 radical (unpaired) electrons. The van der Waals surface area contributed by atoms with Crippen molar-refractivity contribution in [2.75, 3.05) is 7.11 Å². The van der Waals surface area contributed by atoms with Crippen LogP contribution < -0.4 is 4.74 Å². The van der Waals surface area contributed by atoms with Crippen LogP contribution in [0.25, 0.3) is 6.08 Å². The number of carbonyl (C=O) groups excluding carboxylic acids is 1. The molecule has 0 N–H and O–H groups in total. The van der Waals surface area contributed by atoms with Crippen molar-refractivity contribution in [3.8, 4) is 5.75 Å². The zero-order valence-electron chi connectivity index (χ0n) is 11.1. The highest BCUT2D eigenvalue weighted by Crippen LogP contribution is 2.22. The summed E-state index contributed by atoms with van der Waals surface area (Å²) >= 11 is 6.15. The zero-order valence-corrected chi connectivity index (χ0v) is 11.9. The van der Waals surface area contributed by atoms with Crippen LogP contribution in [0.5, 0.6) is 5.75 Å². The molecule has 20 heavy (non-hydrogen) atoms. The lowest BCUT2D eigenvalue weighted by atomic mass is 10.1. The standard InChI is InChI=1S/C17H15ClO2/c1-20-15-10-7-13(8-11-15)9-12-16(19)17(18)14-5-3-2-4-6-14/h2-12,17H,1H3. The van der Waals surface area contributed by atoms with Gasteiger partial charge < -0.3 is 4.74 Å². The molecule has 1 unspecified atom stereocenters. The number of hydrogen-bond acceptors (Lipinski definition) is 2. The van der Waals surface area contributed by atoms with E-state index >= 15 is 0 Å². The summed E-state index contributed by atoms with van der Waals surface area (Å²) in [5.74, 6) is 0.654. The summed E-state index contributed by atoms with van der Waals surface area (Å²) in [6.45, 7) is 0. The third-order valence-corrected chi connectivity index (χ3v) is 3.36. The summed E-state index contributed by atoms with van der Waals surface area (Å²) in [4.78, 5) is 12.0. The van der Waals surface area contributed by atoms with Crippen LogP contribution in [0.2, 0.25) is 0 Å². The van der Waals surface area contributed by atoms with E-state index in [9.17, 15) is 4.79 Å². The van der Waals surface area contributed by atoms with E-state index in [0.717, 1.165) is 16.9 Å². The van der Waals surface area contributed by atoms with Gasteiger partial charge in [-0.2, -0.15) is 0 Å². The van der Waals surface area contributed by atoms with Crippen molar-refractivity contribution < 1.29 is 9.53 Å². The Labute approximate surface area is 123 Å². The fraction of sp³-hybridized carbons (Fsp3) is 0.118. The number of halogens is 1. The Hall–Kier alpha value is -2.06. The normalized spacial score (nSPS) is 12.3. The SMILES string of the molecule is COc1ccc(C=CC(=O)C(Cl)c2ccccc2)cc1. The molecule has 0 aliphatic heterocycles. The first kappa shape index (κ1) is 14.4. The highest BCUT2D eigenvalue weighted by Gasteiger charge is 2.14. The molecular formula is C17H15ClO2. The van der Waals surface area contributed by atoms with Crippen LogP contribution in [-0.4, -0.2) is 12.9 Å². The number of ether oxygens (including phenoxy) is 1. The molecule has 0 aliphatic rings. The van der Waals surface area contributed by atoms with Gasteiger partial charge in [0.2, 0.25) is 0 Å². The minimum Gasteiger partial charge on any atom is -0.497 e. The summed E-state index contributed by atoms with van der Waals surface area (Å²) < 4.78 is 5.08. The molecule has 0 aromatic heterocycles. The number of carbonyl (C=O) groups is 1. The van der Waals surface area contributed by atoms with Crippen molar-refractivity contribution >= 4 is 23.5 Å². The number of ketones is 1. The predicted octanol–water partition coefficient (Wildman–Crippen LogP) is 4.26. The Bertz CT molecular complexity index is 588. The summed E-state index contributed by atoms with van der Waals surface area (Å²) in [6, 6.07) is 16.8. The average Bonchev–Trinajstić information content (AvgIpc) is 2.53. The molecule has 2 aromatic carbocycles. The fourth-order valence-corrected chi connectivity index (χ4v) is 1.98. The third-order valence-electron chi connectivity index (χ3n) is 2.90. The molecule has 102 valence electrons. The van der Waals surface area contributed by atoms with Crippen LogP contribution in [0.1, 0.15) is 16.5 Å². The molecule has 1 atom stereocenters. The second-order valence-electron chi connectivity index (χ2n) is 4.28. The third kappa shape index (κ3) is 3.72. The zero-order chi connectivity index (χ0) is 14.4. The summed E-state index contributed by atoms with van der Waals surface area (Å²) in [7, 11) is 1.62. The van der Waals surface area contributed by atoms with Crippen molar-refractivity contribution in [1.29, 1.82) is 0 Å². The lowest BCUT2D eigenvalue weighted by Crippen LogP contribution is -2.02. The molecule has 0 fully saturated rings. The van der Waals surface area contributed by atoms with Crippen LogP contribution >= 0.6 is 11.6 Å². The molecule has 0 bridgehead atoms.